The number of benzene rings is 1. The molecule has 1 aromatic carbocycles. The van der Waals surface area contributed by atoms with Gasteiger partial charge in [0.2, 0.25) is 10.0 Å². The predicted octanol–water partition coefficient (Wildman–Crippen LogP) is 1.65. The number of anilines is 1. The fraction of sp³-hybridized carbons (Fsp3) is 0.462. The molecule has 118 valence electrons. The highest BCUT2D eigenvalue weighted by molar-refractivity contribution is 7.89. The third-order valence-electron chi connectivity index (χ3n) is 2.85. The molecule has 0 saturated heterocycles. The summed E-state index contributed by atoms with van der Waals surface area (Å²) in [6, 6.07) is 2.34. The number of carboxylic acid groups (broad SMARTS) is 1. The smallest absolute Gasteiger partial charge is 0.326 e. The minimum Gasteiger partial charge on any atom is -0.480 e. The van der Waals surface area contributed by atoms with Crippen molar-refractivity contribution in [3.8, 4) is 0 Å². The Labute approximate surface area is 123 Å². The van der Waals surface area contributed by atoms with Gasteiger partial charge in [0.25, 0.3) is 0 Å². The van der Waals surface area contributed by atoms with Crippen LogP contribution >= 0.6 is 0 Å². The molecule has 1 rings (SSSR count). The molecule has 0 fully saturated rings. The highest BCUT2D eigenvalue weighted by Crippen LogP contribution is 2.21. The monoisotopic (exact) mass is 318 g/mol. The largest absolute Gasteiger partial charge is 0.480 e. The van der Waals surface area contributed by atoms with Crippen molar-refractivity contribution in [2.24, 2.45) is 5.92 Å². The molecule has 0 unspecified atom stereocenters. The van der Waals surface area contributed by atoms with E-state index in [4.69, 9.17) is 5.11 Å². The number of carboxylic acids is 1. The van der Waals surface area contributed by atoms with Crippen molar-refractivity contribution < 1.29 is 22.7 Å². The van der Waals surface area contributed by atoms with Crippen molar-refractivity contribution in [2.45, 2.75) is 31.2 Å². The highest BCUT2D eigenvalue weighted by atomic mass is 32.2. The Kier molecular flexibility index (Phi) is 5.68. The van der Waals surface area contributed by atoms with Gasteiger partial charge in [-0.15, -0.1) is 0 Å². The van der Waals surface area contributed by atoms with E-state index in [1.165, 1.54) is 19.2 Å². The molecule has 1 aromatic rings. The molecule has 6 nitrogen and oxygen atoms in total. The van der Waals surface area contributed by atoms with Gasteiger partial charge in [0, 0.05) is 0 Å². The Morgan fingerprint density at radius 1 is 1.38 bits per heavy atom. The van der Waals surface area contributed by atoms with E-state index in [2.05, 4.69) is 10.0 Å². The molecule has 0 aliphatic carbocycles. The standard InChI is InChI=1S/C13H19FN2O4S/c1-8(2)6-12(13(17)18)16-11-5-4-9(7-10(11)14)21(19,20)15-3/h4-5,7-8,12,15-16H,6H2,1-3H3,(H,17,18)/t12-/m0/s1. The summed E-state index contributed by atoms with van der Waals surface area (Å²) in [6.45, 7) is 3.72. The van der Waals surface area contributed by atoms with Gasteiger partial charge in [-0.3, -0.25) is 0 Å². The van der Waals surface area contributed by atoms with Crippen LogP contribution in [0.5, 0.6) is 0 Å². The van der Waals surface area contributed by atoms with Crippen LogP contribution in [-0.4, -0.2) is 32.6 Å². The SMILES string of the molecule is CNS(=O)(=O)c1ccc(N[C@@H](CC(C)C)C(=O)O)c(F)c1. The molecule has 0 amide bonds. The number of nitrogens with one attached hydrogen (secondary N) is 2. The van der Waals surface area contributed by atoms with Gasteiger partial charge in [0.05, 0.1) is 10.6 Å². The van der Waals surface area contributed by atoms with Crippen LogP contribution in [0.1, 0.15) is 20.3 Å². The number of halogens is 1. The maximum Gasteiger partial charge on any atom is 0.326 e. The van der Waals surface area contributed by atoms with E-state index in [0.29, 0.717) is 6.42 Å². The van der Waals surface area contributed by atoms with Crippen LogP contribution in [0.2, 0.25) is 0 Å². The van der Waals surface area contributed by atoms with E-state index >= 15 is 0 Å². The number of aliphatic carboxylic acids is 1. The summed E-state index contributed by atoms with van der Waals surface area (Å²) < 4.78 is 39.1. The number of rotatable bonds is 7. The van der Waals surface area contributed by atoms with E-state index in [1.807, 2.05) is 13.8 Å². The zero-order chi connectivity index (χ0) is 16.2. The molecule has 0 bridgehead atoms. The first-order valence-corrected chi connectivity index (χ1v) is 7.88. The second-order valence-corrected chi connectivity index (χ2v) is 6.90. The third kappa shape index (κ3) is 4.68. The summed E-state index contributed by atoms with van der Waals surface area (Å²) >= 11 is 0. The van der Waals surface area contributed by atoms with Crippen LogP contribution in [-0.2, 0) is 14.8 Å². The average Bonchev–Trinajstić information content (AvgIpc) is 2.39. The van der Waals surface area contributed by atoms with E-state index in [0.717, 1.165) is 6.07 Å². The van der Waals surface area contributed by atoms with Crippen LogP contribution in [0.25, 0.3) is 0 Å². The Morgan fingerprint density at radius 2 is 2.00 bits per heavy atom. The lowest BCUT2D eigenvalue weighted by Gasteiger charge is -2.18. The summed E-state index contributed by atoms with van der Waals surface area (Å²) in [6.07, 6.45) is 0.325. The minimum atomic E-state index is -3.74. The van der Waals surface area contributed by atoms with Gasteiger partial charge >= 0.3 is 5.97 Å². The fourth-order valence-electron chi connectivity index (χ4n) is 1.78. The summed E-state index contributed by atoms with van der Waals surface area (Å²) in [5.74, 6) is -1.79. The second-order valence-electron chi connectivity index (χ2n) is 5.01. The molecular weight excluding hydrogens is 299 g/mol. The van der Waals surface area contributed by atoms with E-state index in [9.17, 15) is 17.6 Å². The topological polar surface area (TPSA) is 95.5 Å². The van der Waals surface area contributed by atoms with E-state index in [-0.39, 0.29) is 16.5 Å². The first-order chi connectivity index (χ1) is 9.67. The molecule has 0 saturated carbocycles. The summed E-state index contributed by atoms with van der Waals surface area (Å²) in [7, 11) is -2.51. The first-order valence-electron chi connectivity index (χ1n) is 6.39. The van der Waals surface area contributed by atoms with Crippen LogP contribution in [0, 0.1) is 11.7 Å². The van der Waals surface area contributed by atoms with E-state index < -0.39 is 27.9 Å². The van der Waals surface area contributed by atoms with Crippen LogP contribution < -0.4 is 10.0 Å². The predicted molar refractivity (Wildman–Crippen MR) is 77.1 cm³/mol. The number of sulfonamides is 1. The molecule has 0 aliphatic heterocycles. The van der Waals surface area contributed by atoms with Gasteiger partial charge in [0.15, 0.2) is 0 Å². The Hall–Kier alpha value is -1.67. The Bertz CT molecular complexity index is 617. The van der Waals surface area contributed by atoms with Gasteiger partial charge in [-0.2, -0.15) is 0 Å². The second kappa shape index (κ2) is 6.86. The van der Waals surface area contributed by atoms with Crippen LogP contribution in [0.4, 0.5) is 10.1 Å². The quantitative estimate of drug-likeness (QED) is 0.710. The van der Waals surface area contributed by atoms with Crippen LogP contribution in [0.3, 0.4) is 0 Å². The third-order valence-corrected chi connectivity index (χ3v) is 4.27. The van der Waals surface area contributed by atoms with Crippen molar-refractivity contribution >= 4 is 21.7 Å². The summed E-state index contributed by atoms with van der Waals surface area (Å²) in [4.78, 5) is 10.9. The lowest BCUT2D eigenvalue weighted by Crippen LogP contribution is -2.31. The fourth-order valence-corrected chi connectivity index (χ4v) is 2.52. The van der Waals surface area contributed by atoms with Gasteiger partial charge in [0.1, 0.15) is 11.9 Å². The Balaban J connectivity index is 3.02. The molecular formula is C13H19FN2O4S. The van der Waals surface area contributed by atoms with Crippen molar-refractivity contribution in [1.29, 1.82) is 0 Å². The number of hydrogen-bond donors (Lipinski definition) is 3. The van der Waals surface area contributed by atoms with Gasteiger partial charge in [-0.25, -0.2) is 22.3 Å². The average molecular weight is 318 g/mol. The molecule has 0 spiro atoms. The molecule has 1 atom stereocenters. The Morgan fingerprint density at radius 3 is 2.43 bits per heavy atom. The highest BCUT2D eigenvalue weighted by Gasteiger charge is 2.21. The van der Waals surface area contributed by atoms with Crippen molar-refractivity contribution in [2.75, 3.05) is 12.4 Å². The molecule has 0 radical (unpaired) electrons. The maximum absolute atomic E-state index is 13.9. The normalized spacial score (nSPS) is 13.2. The first kappa shape index (κ1) is 17.4. The molecule has 0 heterocycles. The van der Waals surface area contributed by atoms with Gasteiger partial charge in [-0.05, 0) is 37.6 Å². The van der Waals surface area contributed by atoms with Gasteiger partial charge < -0.3 is 10.4 Å². The summed E-state index contributed by atoms with van der Waals surface area (Å²) in [5.41, 5.74) is -0.0434. The van der Waals surface area contributed by atoms with Crippen LogP contribution in [0.15, 0.2) is 23.1 Å². The lowest BCUT2D eigenvalue weighted by molar-refractivity contribution is -0.138. The molecule has 0 aliphatic rings. The molecule has 3 N–H and O–H groups in total. The molecule has 21 heavy (non-hydrogen) atoms. The zero-order valence-corrected chi connectivity index (χ0v) is 12.9. The lowest BCUT2D eigenvalue weighted by atomic mass is 10.0. The summed E-state index contributed by atoms with van der Waals surface area (Å²) in [5, 5.41) is 11.7. The number of hydrogen-bond acceptors (Lipinski definition) is 4. The van der Waals surface area contributed by atoms with E-state index in [1.54, 1.807) is 0 Å². The van der Waals surface area contributed by atoms with Gasteiger partial charge in [-0.1, -0.05) is 13.8 Å². The number of carbonyl (C=O) groups is 1. The zero-order valence-electron chi connectivity index (χ0n) is 12.1. The van der Waals surface area contributed by atoms with Crippen molar-refractivity contribution in [3.63, 3.8) is 0 Å². The van der Waals surface area contributed by atoms with Crippen molar-refractivity contribution in [3.05, 3.63) is 24.0 Å². The minimum absolute atomic E-state index is 0.0434. The maximum atomic E-state index is 13.9. The molecule has 0 aromatic heterocycles. The van der Waals surface area contributed by atoms with Crippen molar-refractivity contribution in [1.82, 2.24) is 4.72 Å². The molecule has 8 heteroatoms.